The van der Waals surface area contributed by atoms with Crippen molar-refractivity contribution >= 4 is 5.70 Å². The quantitative estimate of drug-likeness (QED) is 0.770. The van der Waals surface area contributed by atoms with Gasteiger partial charge in [-0.25, -0.2) is 0 Å². The third kappa shape index (κ3) is 3.70. The summed E-state index contributed by atoms with van der Waals surface area (Å²) in [6.07, 6.45) is 2.24. The Kier molecular flexibility index (Phi) is 5.06. The Hall–Kier alpha value is -1.28. The summed E-state index contributed by atoms with van der Waals surface area (Å²) in [7, 11) is 0. The fourth-order valence-electron chi connectivity index (χ4n) is 1.63. The predicted molar refractivity (Wildman–Crippen MR) is 69.2 cm³/mol. The van der Waals surface area contributed by atoms with Gasteiger partial charge in [0, 0.05) is 11.7 Å². The van der Waals surface area contributed by atoms with Crippen LogP contribution in [-0.4, -0.2) is 17.8 Å². The Morgan fingerprint density at radius 1 is 1.50 bits per heavy atom. The Labute approximate surface area is 98.0 Å². The largest absolute Gasteiger partial charge is 0.394 e. The van der Waals surface area contributed by atoms with E-state index in [-0.39, 0.29) is 12.6 Å². The van der Waals surface area contributed by atoms with Crippen LogP contribution in [0.4, 0.5) is 0 Å². The summed E-state index contributed by atoms with van der Waals surface area (Å²) < 4.78 is 0. The Bertz CT molecular complexity index is 346. The van der Waals surface area contributed by atoms with Gasteiger partial charge in [0.25, 0.3) is 0 Å². The molecule has 0 saturated carbocycles. The van der Waals surface area contributed by atoms with Gasteiger partial charge in [-0.15, -0.1) is 0 Å². The number of hydrogen-bond acceptors (Lipinski definition) is 2. The van der Waals surface area contributed by atoms with Gasteiger partial charge >= 0.3 is 0 Å². The van der Waals surface area contributed by atoms with Gasteiger partial charge in [0.1, 0.15) is 0 Å². The Balaban J connectivity index is 2.71. The van der Waals surface area contributed by atoms with Crippen molar-refractivity contribution in [1.82, 2.24) is 5.32 Å². The number of rotatable bonds is 6. The molecule has 2 N–H and O–H groups in total. The van der Waals surface area contributed by atoms with Gasteiger partial charge in [0.15, 0.2) is 0 Å². The second kappa shape index (κ2) is 6.33. The van der Waals surface area contributed by atoms with Crippen LogP contribution >= 0.6 is 0 Å². The van der Waals surface area contributed by atoms with Gasteiger partial charge in [-0.2, -0.15) is 0 Å². The summed E-state index contributed by atoms with van der Waals surface area (Å²) in [4.78, 5) is 0. The van der Waals surface area contributed by atoms with Crippen molar-refractivity contribution in [2.45, 2.75) is 32.7 Å². The molecule has 16 heavy (non-hydrogen) atoms. The monoisotopic (exact) mass is 219 g/mol. The van der Waals surface area contributed by atoms with E-state index in [9.17, 15) is 0 Å². The first-order valence-electron chi connectivity index (χ1n) is 5.83. The van der Waals surface area contributed by atoms with Crippen molar-refractivity contribution in [2.75, 3.05) is 6.61 Å². The molecule has 1 rings (SSSR count). The maximum absolute atomic E-state index is 8.97. The number of benzene rings is 1. The van der Waals surface area contributed by atoms with E-state index in [4.69, 9.17) is 5.11 Å². The summed E-state index contributed by atoms with van der Waals surface area (Å²) in [5.74, 6) is 0. The third-order valence-electron chi connectivity index (χ3n) is 2.51. The van der Waals surface area contributed by atoms with Crippen LogP contribution in [0.2, 0.25) is 0 Å². The molecule has 88 valence electrons. The predicted octanol–water partition coefficient (Wildman–Crippen LogP) is 2.58. The molecule has 1 unspecified atom stereocenters. The molecule has 0 fully saturated rings. The molecule has 0 bridgehead atoms. The summed E-state index contributed by atoms with van der Waals surface area (Å²) in [5, 5.41) is 12.1. The summed E-state index contributed by atoms with van der Waals surface area (Å²) in [6.45, 7) is 8.22. The van der Waals surface area contributed by atoms with Crippen molar-refractivity contribution in [3.05, 3.63) is 42.0 Å². The number of hydrogen-bond donors (Lipinski definition) is 2. The van der Waals surface area contributed by atoms with Crippen LogP contribution in [0.25, 0.3) is 5.70 Å². The lowest BCUT2D eigenvalue weighted by atomic mass is 10.1. The van der Waals surface area contributed by atoms with Crippen LogP contribution in [0.1, 0.15) is 31.4 Å². The van der Waals surface area contributed by atoms with Gasteiger partial charge < -0.3 is 10.4 Å². The van der Waals surface area contributed by atoms with E-state index in [0.717, 1.165) is 24.1 Å². The molecule has 0 saturated heterocycles. The average molecular weight is 219 g/mol. The maximum atomic E-state index is 8.97. The summed E-state index contributed by atoms with van der Waals surface area (Å²) in [6, 6.07) is 8.43. The number of aliphatic hydroxyl groups is 1. The van der Waals surface area contributed by atoms with Crippen molar-refractivity contribution in [2.24, 2.45) is 0 Å². The van der Waals surface area contributed by atoms with E-state index in [2.05, 4.69) is 37.0 Å². The van der Waals surface area contributed by atoms with Gasteiger partial charge in [-0.1, -0.05) is 38.1 Å². The van der Waals surface area contributed by atoms with E-state index >= 15 is 0 Å². The first-order valence-corrected chi connectivity index (χ1v) is 5.83. The highest BCUT2D eigenvalue weighted by Crippen LogP contribution is 2.13. The standard InChI is InChI=1S/C14H21NO/c1-4-6-13-7-5-8-14(9-13)12(3)15-11(2)10-16/h5,7-9,11,15-16H,3-4,6,10H2,1-2H3. The van der Waals surface area contributed by atoms with Crippen molar-refractivity contribution in [1.29, 1.82) is 0 Å². The highest BCUT2D eigenvalue weighted by molar-refractivity contribution is 5.62. The van der Waals surface area contributed by atoms with Crippen LogP contribution in [0.3, 0.4) is 0 Å². The molecular formula is C14H21NO. The van der Waals surface area contributed by atoms with Crippen LogP contribution in [0.15, 0.2) is 30.8 Å². The normalized spacial score (nSPS) is 12.2. The molecule has 0 aromatic heterocycles. The van der Waals surface area contributed by atoms with E-state index in [1.165, 1.54) is 5.56 Å². The first-order chi connectivity index (χ1) is 7.67. The highest BCUT2D eigenvalue weighted by Gasteiger charge is 2.03. The molecule has 0 spiro atoms. The fraction of sp³-hybridized carbons (Fsp3) is 0.429. The molecule has 1 atom stereocenters. The first kappa shape index (κ1) is 12.8. The van der Waals surface area contributed by atoms with E-state index in [0.29, 0.717) is 0 Å². The molecule has 0 amide bonds. The molecule has 0 aliphatic carbocycles. The SMILES string of the molecule is C=C(NC(C)CO)c1cccc(CCC)c1. The second-order valence-corrected chi connectivity index (χ2v) is 4.16. The van der Waals surface area contributed by atoms with Gasteiger partial charge in [0.05, 0.1) is 6.61 Å². The zero-order chi connectivity index (χ0) is 12.0. The molecule has 1 aromatic rings. The number of aliphatic hydroxyl groups excluding tert-OH is 1. The van der Waals surface area contributed by atoms with E-state index < -0.39 is 0 Å². The smallest absolute Gasteiger partial charge is 0.0630 e. The zero-order valence-corrected chi connectivity index (χ0v) is 10.2. The van der Waals surface area contributed by atoms with Crippen molar-refractivity contribution in [3.8, 4) is 0 Å². The van der Waals surface area contributed by atoms with Crippen LogP contribution < -0.4 is 5.32 Å². The summed E-state index contributed by atoms with van der Waals surface area (Å²) >= 11 is 0. The van der Waals surface area contributed by atoms with E-state index in [1.807, 2.05) is 13.0 Å². The van der Waals surface area contributed by atoms with Gasteiger partial charge in [-0.3, -0.25) is 0 Å². The minimum atomic E-state index is 0.0438. The Morgan fingerprint density at radius 3 is 2.88 bits per heavy atom. The minimum absolute atomic E-state index is 0.0438. The molecule has 0 aliphatic heterocycles. The third-order valence-corrected chi connectivity index (χ3v) is 2.51. The maximum Gasteiger partial charge on any atom is 0.0630 e. The molecule has 2 nitrogen and oxygen atoms in total. The van der Waals surface area contributed by atoms with E-state index in [1.54, 1.807) is 0 Å². The zero-order valence-electron chi connectivity index (χ0n) is 10.2. The lowest BCUT2D eigenvalue weighted by molar-refractivity contribution is 0.263. The summed E-state index contributed by atoms with van der Waals surface area (Å²) in [5.41, 5.74) is 3.31. The highest BCUT2D eigenvalue weighted by atomic mass is 16.3. The molecule has 2 heteroatoms. The van der Waals surface area contributed by atoms with Crippen molar-refractivity contribution < 1.29 is 5.11 Å². The molecule has 0 heterocycles. The van der Waals surface area contributed by atoms with Gasteiger partial charge in [0.2, 0.25) is 0 Å². The average Bonchev–Trinajstić information content (AvgIpc) is 2.29. The Morgan fingerprint density at radius 2 is 2.25 bits per heavy atom. The lowest BCUT2D eigenvalue weighted by Gasteiger charge is -2.15. The second-order valence-electron chi connectivity index (χ2n) is 4.16. The topological polar surface area (TPSA) is 32.3 Å². The lowest BCUT2D eigenvalue weighted by Crippen LogP contribution is -2.27. The van der Waals surface area contributed by atoms with Gasteiger partial charge in [-0.05, 0) is 30.5 Å². The van der Waals surface area contributed by atoms with Crippen molar-refractivity contribution in [3.63, 3.8) is 0 Å². The molecule has 1 aromatic carbocycles. The number of nitrogens with one attached hydrogen (secondary N) is 1. The van der Waals surface area contributed by atoms with Crippen LogP contribution in [0, 0.1) is 0 Å². The fourth-order valence-corrected chi connectivity index (χ4v) is 1.63. The van der Waals surface area contributed by atoms with Crippen LogP contribution in [-0.2, 0) is 6.42 Å². The van der Waals surface area contributed by atoms with Crippen LogP contribution in [0.5, 0.6) is 0 Å². The molecular weight excluding hydrogens is 198 g/mol. The number of aryl methyl sites for hydroxylation is 1. The molecule has 0 aliphatic rings. The molecule has 0 radical (unpaired) electrons. The minimum Gasteiger partial charge on any atom is -0.394 e.